The second kappa shape index (κ2) is 7.42. The number of carbonyl (C=O) groups excluding carboxylic acids is 1. The number of thioether (sulfide) groups is 1. The highest BCUT2D eigenvalue weighted by molar-refractivity contribution is 8.26. The molecule has 3 rings (SSSR count). The molecule has 1 amide bonds. The molecule has 1 aliphatic rings. The first-order valence-electron chi connectivity index (χ1n) is 8.02. The van der Waals surface area contributed by atoms with Crippen LogP contribution in [0.2, 0.25) is 0 Å². The van der Waals surface area contributed by atoms with Crippen LogP contribution in [0.15, 0.2) is 53.4 Å². The number of hydrogen-bond donors (Lipinski definition) is 0. The lowest BCUT2D eigenvalue weighted by atomic mass is 10.1. The molecule has 2 aromatic rings. The van der Waals surface area contributed by atoms with Gasteiger partial charge in [-0.15, -0.1) is 0 Å². The summed E-state index contributed by atoms with van der Waals surface area (Å²) in [5, 5.41) is 0. The van der Waals surface area contributed by atoms with Gasteiger partial charge in [0.15, 0.2) is 0 Å². The quantitative estimate of drug-likeness (QED) is 0.587. The molecule has 25 heavy (non-hydrogen) atoms. The van der Waals surface area contributed by atoms with Crippen LogP contribution in [-0.4, -0.2) is 29.2 Å². The van der Waals surface area contributed by atoms with Crippen molar-refractivity contribution in [1.29, 1.82) is 0 Å². The number of aryl methyl sites for hydroxylation is 1. The summed E-state index contributed by atoms with van der Waals surface area (Å²) in [4.78, 5) is 17.1. The Morgan fingerprint density at radius 1 is 1.08 bits per heavy atom. The summed E-state index contributed by atoms with van der Waals surface area (Å²) in [6.45, 7) is 2.57. The topological polar surface area (TPSA) is 23.6 Å². The van der Waals surface area contributed by atoms with E-state index in [0.717, 1.165) is 16.8 Å². The molecule has 0 aromatic heterocycles. The van der Waals surface area contributed by atoms with Gasteiger partial charge in [0.2, 0.25) is 0 Å². The van der Waals surface area contributed by atoms with Gasteiger partial charge in [0.1, 0.15) is 4.32 Å². The van der Waals surface area contributed by atoms with Gasteiger partial charge in [-0.1, -0.05) is 65.9 Å². The third-order valence-electron chi connectivity index (χ3n) is 4.04. The zero-order chi connectivity index (χ0) is 18.0. The lowest BCUT2D eigenvalue weighted by Gasteiger charge is -2.14. The van der Waals surface area contributed by atoms with Gasteiger partial charge in [-0.25, -0.2) is 0 Å². The highest BCUT2D eigenvalue weighted by Gasteiger charge is 2.31. The van der Waals surface area contributed by atoms with Crippen molar-refractivity contribution in [3.05, 3.63) is 70.1 Å². The minimum Gasteiger partial charge on any atom is -0.378 e. The normalized spacial score (nSPS) is 16.0. The van der Waals surface area contributed by atoms with Gasteiger partial charge in [-0.2, -0.15) is 0 Å². The van der Waals surface area contributed by atoms with Gasteiger partial charge in [-0.3, -0.25) is 9.69 Å². The summed E-state index contributed by atoms with van der Waals surface area (Å²) in [6, 6.07) is 16.3. The highest BCUT2D eigenvalue weighted by Crippen LogP contribution is 2.33. The van der Waals surface area contributed by atoms with E-state index in [1.807, 2.05) is 68.4 Å². The average molecular weight is 369 g/mol. The Kier molecular flexibility index (Phi) is 5.25. The molecule has 1 saturated heterocycles. The molecule has 0 unspecified atom stereocenters. The molecule has 1 heterocycles. The Hall–Kier alpha value is -2.11. The molecule has 0 atom stereocenters. The van der Waals surface area contributed by atoms with E-state index in [1.54, 1.807) is 4.90 Å². The number of anilines is 1. The van der Waals surface area contributed by atoms with Crippen molar-refractivity contribution < 1.29 is 4.79 Å². The molecule has 5 heteroatoms. The standard InChI is InChI=1S/C20H20N2OS2/c1-14-4-6-16(7-5-14)13-22-19(23)18(25-20(22)24)12-15-8-10-17(11-9-15)21(2)3/h4-12H,13H2,1-3H3. The first kappa shape index (κ1) is 17.7. The van der Waals surface area contributed by atoms with Crippen LogP contribution in [0.1, 0.15) is 16.7 Å². The third-order valence-corrected chi connectivity index (χ3v) is 5.42. The maximum absolute atomic E-state index is 12.7. The van der Waals surface area contributed by atoms with Crippen molar-refractivity contribution in [2.75, 3.05) is 19.0 Å². The molecule has 0 N–H and O–H groups in total. The van der Waals surface area contributed by atoms with E-state index in [0.29, 0.717) is 15.8 Å². The predicted molar refractivity (Wildman–Crippen MR) is 111 cm³/mol. The van der Waals surface area contributed by atoms with E-state index in [1.165, 1.54) is 17.3 Å². The van der Waals surface area contributed by atoms with Crippen molar-refractivity contribution in [2.24, 2.45) is 0 Å². The SMILES string of the molecule is Cc1ccc(CN2C(=O)C(=Cc3ccc(N(C)C)cc3)SC2=S)cc1. The fourth-order valence-corrected chi connectivity index (χ4v) is 3.79. The summed E-state index contributed by atoms with van der Waals surface area (Å²) in [5.74, 6) is -0.0211. The molecule has 1 aliphatic heterocycles. The van der Waals surface area contributed by atoms with Crippen LogP contribution in [0.3, 0.4) is 0 Å². The lowest BCUT2D eigenvalue weighted by Crippen LogP contribution is -2.27. The summed E-state index contributed by atoms with van der Waals surface area (Å²) in [6.07, 6.45) is 1.91. The molecule has 0 aliphatic carbocycles. The van der Waals surface area contributed by atoms with E-state index in [2.05, 4.69) is 12.1 Å². The summed E-state index contributed by atoms with van der Waals surface area (Å²) < 4.78 is 0.613. The highest BCUT2D eigenvalue weighted by atomic mass is 32.2. The predicted octanol–water partition coefficient (Wildman–Crippen LogP) is 4.46. The number of nitrogens with zero attached hydrogens (tertiary/aromatic N) is 2. The third kappa shape index (κ3) is 4.11. The van der Waals surface area contributed by atoms with Crippen LogP contribution in [0.5, 0.6) is 0 Å². The molecule has 0 bridgehead atoms. The molecule has 0 spiro atoms. The van der Waals surface area contributed by atoms with Crippen molar-refractivity contribution in [1.82, 2.24) is 4.90 Å². The molecule has 3 nitrogen and oxygen atoms in total. The monoisotopic (exact) mass is 368 g/mol. The maximum Gasteiger partial charge on any atom is 0.266 e. The summed E-state index contributed by atoms with van der Waals surface area (Å²) >= 11 is 6.78. The fraction of sp³-hybridized carbons (Fsp3) is 0.200. The number of carbonyl (C=O) groups is 1. The number of hydrogen-bond acceptors (Lipinski definition) is 4. The smallest absolute Gasteiger partial charge is 0.266 e. The zero-order valence-corrected chi connectivity index (χ0v) is 16.2. The Morgan fingerprint density at radius 2 is 1.72 bits per heavy atom. The van der Waals surface area contributed by atoms with Crippen LogP contribution >= 0.6 is 24.0 Å². The van der Waals surface area contributed by atoms with E-state index in [9.17, 15) is 4.79 Å². The summed E-state index contributed by atoms with van der Waals surface area (Å²) in [5.41, 5.74) is 4.42. The van der Waals surface area contributed by atoms with Crippen LogP contribution < -0.4 is 4.90 Å². The second-order valence-electron chi connectivity index (χ2n) is 6.24. The Bertz CT molecular complexity index is 824. The van der Waals surface area contributed by atoms with Crippen LogP contribution in [0, 0.1) is 6.92 Å². The molecule has 0 saturated carbocycles. The molecule has 0 radical (unpaired) electrons. The van der Waals surface area contributed by atoms with Crippen molar-refractivity contribution in [3.8, 4) is 0 Å². The van der Waals surface area contributed by atoms with Gasteiger partial charge in [0.25, 0.3) is 5.91 Å². The lowest BCUT2D eigenvalue weighted by molar-refractivity contribution is -0.122. The minimum absolute atomic E-state index is 0.0211. The van der Waals surface area contributed by atoms with Crippen molar-refractivity contribution >= 4 is 46.0 Å². The Balaban J connectivity index is 1.77. The first-order valence-corrected chi connectivity index (χ1v) is 9.25. The first-order chi connectivity index (χ1) is 11.9. The van der Waals surface area contributed by atoms with Crippen molar-refractivity contribution in [2.45, 2.75) is 13.5 Å². The molecule has 2 aromatic carbocycles. The van der Waals surface area contributed by atoms with Crippen LogP contribution in [0.4, 0.5) is 5.69 Å². The van der Waals surface area contributed by atoms with E-state index in [4.69, 9.17) is 12.2 Å². The Morgan fingerprint density at radius 3 is 2.32 bits per heavy atom. The zero-order valence-electron chi connectivity index (χ0n) is 14.5. The average Bonchev–Trinajstić information content (AvgIpc) is 2.85. The van der Waals surface area contributed by atoms with Crippen molar-refractivity contribution in [3.63, 3.8) is 0 Å². The molecule has 1 fully saturated rings. The Labute approximate surface area is 158 Å². The number of amides is 1. The van der Waals surface area contributed by atoms with Gasteiger partial charge in [-0.05, 0) is 36.3 Å². The van der Waals surface area contributed by atoms with E-state index >= 15 is 0 Å². The number of thiocarbonyl (C=S) groups is 1. The summed E-state index contributed by atoms with van der Waals surface area (Å²) in [7, 11) is 4.01. The molecule has 128 valence electrons. The van der Waals surface area contributed by atoms with Gasteiger partial charge < -0.3 is 4.90 Å². The maximum atomic E-state index is 12.7. The van der Waals surface area contributed by atoms with E-state index in [-0.39, 0.29) is 5.91 Å². The van der Waals surface area contributed by atoms with E-state index < -0.39 is 0 Å². The molecular weight excluding hydrogens is 348 g/mol. The number of rotatable bonds is 4. The second-order valence-corrected chi connectivity index (χ2v) is 7.92. The number of benzene rings is 2. The largest absolute Gasteiger partial charge is 0.378 e. The molecular formula is C20H20N2OS2. The van der Waals surface area contributed by atoms with Gasteiger partial charge in [0, 0.05) is 19.8 Å². The fourth-order valence-electron chi connectivity index (χ4n) is 2.53. The minimum atomic E-state index is -0.0211. The van der Waals surface area contributed by atoms with Crippen LogP contribution in [0.25, 0.3) is 6.08 Å². The van der Waals surface area contributed by atoms with Gasteiger partial charge >= 0.3 is 0 Å². The van der Waals surface area contributed by atoms with Crippen LogP contribution in [-0.2, 0) is 11.3 Å². The van der Waals surface area contributed by atoms with Gasteiger partial charge in [0.05, 0.1) is 11.4 Å².